The van der Waals surface area contributed by atoms with Crippen LogP contribution in [0.1, 0.15) is 17.3 Å². The Bertz CT molecular complexity index is 609. The van der Waals surface area contributed by atoms with Crippen molar-refractivity contribution in [2.45, 2.75) is 18.1 Å². The highest BCUT2D eigenvalue weighted by atomic mass is 19.4. The average molecular weight is 272 g/mol. The maximum Gasteiger partial charge on any atom is 0.417 e. The molecule has 2 N–H and O–H groups in total. The Morgan fingerprint density at radius 1 is 1.26 bits per heavy atom. The number of ether oxygens (including phenoxy) is 1. The van der Waals surface area contributed by atoms with Crippen LogP contribution in [0.2, 0.25) is 0 Å². The van der Waals surface area contributed by atoms with Crippen LogP contribution in [0.5, 0.6) is 0 Å². The number of fused-ring (bicyclic) bond motifs is 1. The predicted molar refractivity (Wildman–Crippen MR) is 59.5 cm³/mol. The summed E-state index contributed by atoms with van der Waals surface area (Å²) in [5.41, 5.74) is 5.48. The second kappa shape index (κ2) is 4.17. The smallest absolute Gasteiger partial charge is 0.379 e. The van der Waals surface area contributed by atoms with Gasteiger partial charge in [-0.1, -0.05) is 0 Å². The minimum Gasteiger partial charge on any atom is -0.379 e. The van der Waals surface area contributed by atoms with Gasteiger partial charge in [0.25, 0.3) is 0 Å². The van der Waals surface area contributed by atoms with Crippen molar-refractivity contribution in [3.63, 3.8) is 0 Å². The van der Waals surface area contributed by atoms with Crippen LogP contribution in [0.15, 0.2) is 18.3 Å². The molecule has 1 aliphatic heterocycles. The Hall–Kier alpha value is -1.67. The van der Waals surface area contributed by atoms with Crippen LogP contribution in [0, 0.1) is 0 Å². The number of hydrogen-bond donors (Lipinski definition) is 1. The fourth-order valence-electron chi connectivity index (χ4n) is 2.17. The van der Waals surface area contributed by atoms with Crippen LogP contribution < -0.4 is 5.73 Å². The lowest BCUT2D eigenvalue weighted by atomic mass is 10.0. The van der Waals surface area contributed by atoms with E-state index >= 15 is 0 Å². The molecule has 8 heteroatoms. The van der Waals surface area contributed by atoms with E-state index in [1.54, 1.807) is 0 Å². The van der Waals surface area contributed by atoms with Gasteiger partial charge in [-0.25, -0.2) is 0 Å². The van der Waals surface area contributed by atoms with E-state index in [9.17, 15) is 13.2 Å². The molecule has 3 heterocycles. The molecule has 0 amide bonds. The van der Waals surface area contributed by atoms with Crippen molar-refractivity contribution in [3.05, 3.63) is 29.7 Å². The molecule has 1 aliphatic rings. The summed E-state index contributed by atoms with van der Waals surface area (Å²) in [4.78, 5) is 0. The molecular weight excluding hydrogens is 261 g/mol. The molecule has 1 fully saturated rings. The first-order chi connectivity index (χ1) is 8.97. The molecule has 0 aromatic carbocycles. The number of hydrogen-bond acceptors (Lipinski definition) is 4. The standard InChI is InChI=1S/C11H11F3N4O/c12-11(13,14)6-1-2-9-16-17-10(18(9)3-6)7-4-19-5-8(7)15/h1-3,7-8H,4-5,15H2. The Morgan fingerprint density at radius 2 is 2.05 bits per heavy atom. The molecule has 19 heavy (non-hydrogen) atoms. The van der Waals surface area contributed by atoms with E-state index in [4.69, 9.17) is 10.5 Å². The van der Waals surface area contributed by atoms with Gasteiger partial charge in [0.15, 0.2) is 5.65 Å². The van der Waals surface area contributed by atoms with E-state index in [1.165, 1.54) is 10.5 Å². The van der Waals surface area contributed by atoms with Gasteiger partial charge in [-0.05, 0) is 12.1 Å². The molecule has 0 saturated carbocycles. The predicted octanol–water partition coefficient (Wildman–Crippen LogP) is 1.19. The van der Waals surface area contributed by atoms with Gasteiger partial charge in [0.1, 0.15) is 5.82 Å². The summed E-state index contributed by atoms with van der Waals surface area (Å²) in [5, 5.41) is 7.79. The van der Waals surface area contributed by atoms with Crippen LogP contribution in [-0.4, -0.2) is 33.9 Å². The SMILES string of the molecule is NC1COCC1c1nnc2ccc(C(F)(F)F)cn12. The summed E-state index contributed by atoms with van der Waals surface area (Å²) in [7, 11) is 0. The monoisotopic (exact) mass is 272 g/mol. The van der Waals surface area contributed by atoms with Gasteiger partial charge in [-0.2, -0.15) is 13.2 Å². The normalized spacial score (nSPS) is 24.2. The third-order valence-electron chi connectivity index (χ3n) is 3.21. The van der Waals surface area contributed by atoms with E-state index in [0.717, 1.165) is 12.3 Å². The Labute approximate surface area is 106 Å². The number of rotatable bonds is 1. The molecule has 2 aromatic rings. The Balaban J connectivity index is 2.10. The zero-order chi connectivity index (χ0) is 13.6. The number of alkyl halides is 3. The van der Waals surface area contributed by atoms with E-state index in [2.05, 4.69) is 10.2 Å². The first-order valence-electron chi connectivity index (χ1n) is 5.72. The minimum atomic E-state index is -4.40. The van der Waals surface area contributed by atoms with Crippen molar-refractivity contribution < 1.29 is 17.9 Å². The fourth-order valence-corrected chi connectivity index (χ4v) is 2.17. The second-order valence-electron chi connectivity index (χ2n) is 4.51. The molecule has 2 unspecified atom stereocenters. The molecule has 102 valence electrons. The van der Waals surface area contributed by atoms with Crippen molar-refractivity contribution in [3.8, 4) is 0 Å². The lowest BCUT2D eigenvalue weighted by Crippen LogP contribution is -2.28. The second-order valence-corrected chi connectivity index (χ2v) is 4.51. The molecule has 1 saturated heterocycles. The highest BCUT2D eigenvalue weighted by Crippen LogP contribution is 2.30. The van der Waals surface area contributed by atoms with Gasteiger partial charge < -0.3 is 10.5 Å². The average Bonchev–Trinajstić information content (AvgIpc) is 2.92. The van der Waals surface area contributed by atoms with Crippen molar-refractivity contribution in [1.29, 1.82) is 0 Å². The molecule has 2 atom stereocenters. The summed E-state index contributed by atoms with van der Waals surface area (Å²) in [6.45, 7) is 0.719. The topological polar surface area (TPSA) is 65.4 Å². The molecule has 0 radical (unpaired) electrons. The van der Waals surface area contributed by atoms with Crippen molar-refractivity contribution in [2.75, 3.05) is 13.2 Å². The van der Waals surface area contributed by atoms with Gasteiger partial charge in [0.05, 0.1) is 24.7 Å². The highest BCUT2D eigenvalue weighted by molar-refractivity contribution is 5.41. The molecule has 3 rings (SSSR count). The molecular formula is C11H11F3N4O. The summed E-state index contributed by atoms with van der Waals surface area (Å²) in [6.07, 6.45) is -3.40. The summed E-state index contributed by atoms with van der Waals surface area (Å²) >= 11 is 0. The van der Waals surface area contributed by atoms with Gasteiger partial charge >= 0.3 is 6.18 Å². The number of pyridine rings is 1. The number of aromatic nitrogens is 3. The molecule has 0 spiro atoms. The minimum absolute atomic E-state index is 0.238. The summed E-state index contributed by atoms with van der Waals surface area (Å²) in [5.74, 6) is 0.171. The highest BCUT2D eigenvalue weighted by Gasteiger charge is 2.33. The Morgan fingerprint density at radius 3 is 2.68 bits per heavy atom. The van der Waals surface area contributed by atoms with Crippen LogP contribution in [-0.2, 0) is 10.9 Å². The largest absolute Gasteiger partial charge is 0.417 e. The lowest BCUT2D eigenvalue weighted by Gasteiger charge is -2.12. The molecule has 2 aromatic heterocycles. The van der Waals surface area contributed by atoms with Crippen LogP contribution in [0.4, 0.5) is 13.2 Å². The summed E-state index contributed by atoms with van der Waals surface area (Å²) in [6, 6.07) is 2.00. The van der Waals surface area contributed by atoms with Gasteiger partial charge in [0.2, 0.25) is 0 Å². The van der Waals surface area contributed by atoms with Crippen molar-refractivity contribution in [2.24, 2.45) is 5.73 Å². The number of halogens is 3. The van der Waals surface area contributed by atoms with E-state index in [-0.39, 0.29) is 12.0 Å². The zero-order valence-electron chi connectivity index (χ0n) is 9.76. The first-order valence-corrected chi connectivity index (χ1v) is 5.72. The molecule has 5 nitrogen and oxygen atoms in total. The lowest BCUT2D eigenvalue weighted by molar-refractivity contribution is -0.137. The van der Waals surface area contributed by atoms with Crippen molar-refractivity contribution >= 4 is 5.65 Å². The first kappa shape index (κ1) is 12.4. The zero-order valence-corrected chi connectivity index (χ0v) is 9.76. The van der Waals surface area contributed by atoms with Gasteiger partial charge in [-0.3, -0.25) is 4.40 Å². The van der Waals surface area contributed by atoms with Crippen LogP contribution in [0.3, 0.4) is 0 Å². The third kappa shape index (κ3) is 2.06. The van der Waals surface area contributed by atoms with Gasteiger partial charge in [-0.15, -0.1) is 10.2 Å². The Kier molecular flexibility index (Phi) is 2.72. The molecule has 0 bridgehead atoms. The maximum absolute atomic E-state index is 12.7. The quantitative estimate of drug-likeness (QED) is 0.847. The maximum atomic E-state index is 12.7. The summed E-state index contributed by atoms with van der Waals surface area (Å²) < 4.78 is 44.7. The van der Waals surface area contributed by atoms with Gasteiger partial charge in [0, 0.05) is 12.2 Å². The third-order valence-corrected chi connectivity index (χ3v) is 3.21. The fraction of sp³-hybridized carbons (Fsp3) is 0.455. The van der Waals surface area contributed by atoms with Crippen LogP contribution >= 0.6 is 0 Å². The van der Waals surface area contributed by atoms with E-state index in [0.29, 0.717) is 24.7 Å². The van der Waals surface area contributed by atoms with E-state index < -0.39 is 11.7 Å². The molecule has 0 aliphatic carbocycles. The van der Waals surface area contributed by atoms with E-state index in [1.807, 2.05) is 0 Å². The number of nitrogens with two attached hydrogens (primary N) is 1. The van der Waals surface area contributed by atoms with Crippen LogP contribution in [0.25, 0.3) is 5.65 Å². The van der Waals surface area contributed by atoms with Crippen molar-refractivity contribution in [1.82, 2.24) is 14.6 Å². The number of nitrogens with zero attached hydrogens (tertiary/aromatic N) is 3.